The first-order chi connectivity index (χ1) is 9.90. The Kier molecular flexibility index (Phi) is 8.03. The highest BCUT2D eigenvalue weighted by molar-refractivity contribution is 14.1. The Balaban J connectivity index is 2.26. The number of benzene rings is 1. The first-order valence-electron chi connectivity index (χ1n) is 7.31. The quantitative estimate of drug-likeness (QED) is 0.678. The fraction of sp³-hybridized carbons (Fsp3) is 0.562. The molecule has 1 rings (SSSR count). The summed E-state index contributed by atoms with van der Waals surface area (Å²) in [5.41, 5.74) is 0. The molecular formula is C16H25IN2O2. The van der Waals surface area contributed by atoms with Gasteiger partial charge in [-0.2, -0.15) is 0 Å². The van der Waals surface area contributed by atoms with Crippen molar-refractivity contribution in [3.8, 4) is 5.75 Å². The first kappa shape index (κ1) is 18.2. The minimum absolute atomic E-state index is 0.0595. The fourth-order valence-electron chi connectivity index (χ4n) is 2.17. The van der Waals surface area contributed by atoms with E-state index >= 15 is 0 Å². The summed E-state index contributed by atoms with van der Waals surface area (Å²) in [6.45, 7) is 10.2. The second-order valence-corrected chi connectivity index (χ2v) is 6.76. The Morgan fingerprint density at radius 2 is 1.76 bits per heavy atom. The lowest BCUT2D eigenvalue weighted by atomic mass is 10.2. The second-order valence-electron chi connectivity index (χ2n) is 5.52. The van der Waals surface area contributed by atoms with Crippen LogP contribution in [0.2, 0.25) is 0 Å². The molecule has 1 aromatic carbocycles. The topological polar surface area (TPSA) is 41.6 Å². The molecule has 0 saturated carbocycles. The molecule has 1 aromatic rings. The molecule has 0 radical (unpaired) electrons. The number of hydrogen-bond acceptors (Lipinski definition) is 3. The number of rotatable bonds is 8. The van der Waals surface area contributed by atoms with E-state index in [0.717, 1.165) is 15.9 Å². The molecular weight excluding hydrogens is 379 g/mol. The van der Waals surface area contributed by atoms with Crippen molar-refractivity contribution in [1.29, 1.82) is 0 Å². The highest BCUT2D eigenvalue weighted by Gasteiger charge is 2.13. The normalized spacial score (nSPS) is 11.2. The maximum Gasteiger partial charge on any atom is 0.257 e. The molecule has 4 nitrogen and oxygen atoms in total. The van der Waals surface area contributed by atoms with Crippen molar-refractivity contribution in [2.75, 3.05) is 19.7 Å². The smallest absolute Gasteiger partial charge is 0.257 e. The molecule has 0 aromatic heterocycles. The lowest BCUT2D eigenvalue weighted by molar-refractivity contribution is -0.123. The van der Waals surface area contributed by atoms with Gasteiger partial charge in [-0.1, -0.05) is 0 Å². The molecule has 0 atom stereocenters. The molecule has 1 amide bonds. The lowest BCUT2D eigenvalue weighted by Crippen LogP contribution is -2.43. The molecule has 118 valence electrons. The van der Waals surface area contributed by atoms with Gasteiger partial charge in [-0.15, -0.1) is 0 Å². The van der Waals surface area contributed by atoms with E-state index in [9.17, 15) is 4.79 Å². The van der Waals surface area contributed by atoms with Gasteiger partial charge >= 0.3 is 0 Å². The molecule has 1 N–H and O–H groups in total. The number of amides is 1. The summed E-state index contributed by atoms with van der Waals surface area (Å²) in [5, 5.41) is 2.90. The molecule has 0 heterocycles. The SMILES string of the molecule is CC(C)N(CCNC(=O)COc1ccc(I)cc1)C(C)C. The minimum atomic E-state index is -0.0824. The molecule has 0 aliphatic rings. The molecule has 0 bridgehead atoms. The number of nitrogens with zero attached hydrogens (tertiary/aromatic N) is 1. The number of nitrogens with one attached hydrogen (secondary N) is 1. The van der Waals surface area contributed by atoms with E-state index < -0.39 is 0 Å². The Hall–Kier alpha value is -0.820. The van der Waals surface area contributed by atoms with Crippen LogP contribution in [0.5, 0.6) is 5.75 Å². The van der Waals surface area contributed by atoms with Crippen molar-refractivity contribution in [1.82, 2.24) is 10.2 Å². The summed E-state index contributed by atoms with van der Waals surface area (Å²) in [7, 11) is 0. The van der Waals surface area contributed by atoms with Crippen LogP contribution >= 0.6 is 22.6 Å². The number of carbonyl (C=O) groups excluding carboxylic acids is 1. The molecule has 0 aliphatic carbocycles. The van der Waals surface area contributed by atoms with Crippen molar-refractivity contribution in [2.24, 2.45) is 0 Å². The van der Waals surface area contributed by atoms with Crippen LogP contribution in [0.4, 0.5) is 0 Å². The van der Waals surface area contributed by atoms with Gasteiger partial charge in [0.15, 0.2) is 6.61 Å². The van der Waals surface area contributed by atoms with Crippen LogP contribution in [0.3, 0.4) is 0 Å². The van der Waals surface area contributed by atoms with Crippen LogP contribution in [0.1, 0.15) is 27.7 Å². The monoisotopic (exact) mass is 404 g/mol. The summed E-state index contributed by atoms with van der Waals surface area (Å²) in [6, 6.07) is 8.60. The largest absolute Gasteiger partial charge is 0.484 e. The molecule has 5 heteroatoms. The van der Waals surface area contributed by atoms with Gasteiger partial charge in [0.25, 0.3) is 5.91 Å². The van der Waals surface area contributed by atoms with Gasteiger partial charge in [-0.25, -0.2) is 0 Å². The molecule has 0 aliphatic heterocycles. The number of hydrogen-bond donors (Lipinski definition) is 1. The van der Waals surface area contributed by atoms with Gasteiger partial charge in [0, 0.05) is 28.7 Å². The van der Waals surface area contributed by atoms with Crippen LogP contribution < -0.4 is 10.1 Å². The maximum absolute atomic E-state index is 11.7. The van der Waals surface area contributed by atoms with Crippen LogP contribution in [-0.2, 0) is 4.79 Å². The average Bonchev–Trinajstić information content (AvgIpc) is 2.42. The van der Waals surface area contributed by atoms with Gasteiger partial charge in [0.05, 0.1) is 0 Å². The van der Waals surface area contributed by atoms with E-state index in [1.807, 2.05) is 24.3 Å². The molecule has 0 unspecified atom stereocenters. The van der Waals surface area contributed by atoms with Gasteiger partial charge in [-0.3, -0.25) is 9.69 Å². The Morgan fingerprint density at radius 1 is 1.19 bits per heavy atom. The molecule has 0 fully saturated rings. The predicted octanol–water partition coefficient (Wildman–Crippen LogP) is 2.91. The van der Waals surface area contributed by atoms with E-state index in [1.165, 1.54) is 0 Å². The average molecular weight is 404 g/mol. The highest BCUT2D eigenvalue weighted by Crippen LogP contribution is 2.13. The van der Waals surface area contributed by atoms with Crippen molar-refractivity contribution in [3.63, 3.8) is 0 Å². The van der Waals surface area contributed by atoms with Gasteiger partial charge in [-0.05, 0) is 74.6 Å². The number of ether oxygens (including phenoxy) is 1. The second kappa shape index (κ2) is 9.25. The van der Waals surface area contributed by atoms with Crippen molar-refractivity contribution < 1.29 is 9.53 Å². The van der Waals surface area contributed by atoms with Gasteiger partial charge in [0.1, 0.15) is 5.75 Å². The third-order valence-electron chi connectivity index (χ3n) is 3.20. The van der Waals surface area contributed by atoms with Crippen molar-refractivity contribution in [3.05, 3.63) is 27.8 Å². The van der Waals surface area contributed by atoms with Crippen LogP contribution in [0.25, 0.3) is 0 Å². The van der Waals surface area contributed by atoms with E-state index in [2.05, 4.69) is 60.5 Å². The Morgan fingerprint density at radius 3 is 2.29 bits per heavy atom. The third-order valence-corrected chi connectivity index (χ3v) is 3.92. The summed E-state index contributed by atoms with van der Waals surface area (Å²) in [5.74, 6) is 0.637. The fourth-order valence-corrected chi connectivity index (χ4v) is 2.53. The van der Waals surface area contributed by atoms with Gasteiger partial charge in [0.2, 0.25) is 0 Å². The van der Waals surface area contributed by atoms with E-state index in [4.69, 9.17) is 4.74 Å². The molecule has 0 saturated heterocycles. The van der Waals surface area contributed by atoms with Crippen LogP contribution in [0, 0.1) is 3.57 Å². The zero-order valence-electron chi connectivity index (χ0n) is 13.2. The van der Waals surface area contributed by atoms with Crippen LogP contribution in [0.15, 0.2) is 24.3 Å². The molecule has 21 heavy (non-hydrogen) atoms. The zero-order valence-corrected chi connectivity index (χ0v) is 15.4. The van der Waals surface area contributed by atoms with E-state index in [1.54, 1.807) is 0 Å². The maximum atomic E-state index is 11.7. The number of carbonyl (C=O) groups is 1. The summed E-state index contributed by atoms with van der Waals surface area (Å²) in [4.78, 5) is 14.1. The van der Waals surface area contributed by atoms with Gasteiger partial charge < -0.3 is 10.1 Å². The summed E-state index contributed by atoms with van der Waals surface area (Å²) < 4.78 is 6.59. The van der Waals surface area contributed by atoms with Crippen molar-refractivity contribution >= 4 is 28.5 Å². The highest BCUT2D eigenvalue weighted by atomic mass is 127. The standard InChI is InChI=1S/C16H25IN2O2/c1-12(2)19(13(3)4)10-9-18-16(20)11-21-15-7-5-14(17)6-8-15/h5-8,12-13H,9-11H2,1-4H3,(H,18,20). The third kappa shape index (κ3) is 7.13. The Bertz CT molecular complexity index is 424. The van der Waals surface area contributed by atoms with Crippen molar-refractivity contribution in [2.45, 2.75) is 39.8 Å². The number of halogens is 1. The van der Waals surface area contributed by atoms with E-state index in [0.29, 0.717) is 18.6 Å². The minimum Gasteiger partial charge on any atom is -0.484 e. The zero-order chi connectivity index (χ0) is 15.8. The molecule has 0 spiro atoms. The summed E-state index contributed by atoms with van der Waals surface area (Å²) >= 11 is 2.23. The summed E-state index contributed by atoms with van der Waals surface area (Å²) in [6.07, 6.45) is 0. The van der Waals surface area contributed by atoms with Crippen LogP contribution in [-0.4, -0.2) is 42.6 Å². The lowest BCUT2D eigenvalue weighted by Gasteiger charge is -2.30. The van der Waals surface area contributed by atoms with E-state index in [-0.39, 0.29) is 12.5 Å². The Labute approximate surface area is 141 Å². The predicted molar refractivity (Wildman–Crippen MR) is 94.6 cm³/mol. The first-order valence-corrected chi connectivity index (χ1v) is 8.39.